The number of hydrogen-bond acceptors (Lipinski definition) is 4. The van der Waals surface area contributed by atoms with Crippen molar-refractivity contribution in [2.24, 2.45) is 5.41 Å². The van der Waals surface area contributed by atoms with Crippen molar-refractivity contribution in [2.75, 3.05) is 31.5 Å². The van der Waals surface area contributed by atoms with Gasteiger partial charge in [-0.1, -0.05) is 12.1 Å². The monoisotopic (exact) mass is 529 g/mol. The molecule has 0 bridgehead atoms. The van der Waals surface area contributed by atoms with Gasteiger partial charge in [-0.05, 0) is 93.9 Å². The number of piperidine rings is 2. The van der Waals surface area contributed by atoms with Crippen LogP contribution >= 0.6 is 0 Å². The highest BCUT2D eigenvalue weighted by Crippen LogP contribution is 2.43. The van der Waals surface area contributed by atoms with Gasteiger partial charge in [0.2, 0.25) is 0 Å². The van der Waals surface area contributed by atoms with Crippen molar-refractivity contribution in [3.63, 3.8) is 0 Å². The van der Waals surface area contributed by atoms with Gasteiger partial charge in [-0.2, -0.15) is 13.2 Å². The average Bonchev–Trinajstić information content (AvgIpc) is 3.20. The SMILES string of the molecule is CC1(C)Cc2c(CN3CCC4(CC3)CCN(C(=O)c3ccc(NC(=O)C(F)(F)F)cc3)CC4)cccc2O1. The molecule has 0 unspecified atom stereocenters. The second-order valence-corrected chi connectivity index (χ2v) is 11.5. The number of carbonyl (C=O) groups is 2. The van der Waals surface area contributed by atoms with E-state index < -0.39 is 12.1 Å². The van der Waals surface area contributed by atoms with Crippen molar-refractivity contribution in [1.29, 1.82) is 0 Å². The maximum absolute atomic E-state index is 13.0. The number of benzene rings is 2. The van der Waals surface area contributed by atoms with E-state index in [9.17, 15) is 22.8 Å². The number of ether oxygens (including phenoxy) is 1. The molecule has 0 aromatic heterocycles. The molecule has 9 heteroatoms. The first-order valence-corrected chi connectivity index (χ1v) is 13.2. The summed E-state index contributed by atoms with van der Waals surface area (Å²) in [6, 6.07) is 11.9. The highest BCUT2D eigenvalue weighted by Gasteiger charge is 2.40. The number of anilines is 1. The Bertz CT molecular complexity index is 1190. The van der Waals surface area contributed by atoms with E-state index in [1.807, 2.05) is 4.90 Å². The number of amides is 2. The van der Waals surface area contributed by atoms with Crippen LogP contribution in [0.1, 0.15) is 61.0 Å². The number of carbonyl (C=O) groups excluding carboxylic acids is 2. The van der Waals surface area contributed by atoms with Crippen LogP contribution in [0.25, 0.3) is 0 Å². The topological polar surface area (TPSA) is 61.9 Å². The Kier molecular flexibility index (Phi) is 6.92. The summed E-state index contributed by atoms with van der Waals surface area (Å²) in [6.07, 6.45) is 0.108. The zero-order valence-corrected chi connectivity index (χ0v) is 21.9. The van der Waals surface area contributed by atoms with Crippen LogP contribution in [0.4, 0.5) is 18.9 Å². The van der Waals surface area contributed by atoms with Crippen LogP contribution in [0.5, 0.6) is 5.75 Å². The van der Waals surface area contributed by atoms with Gasteiger partial charge >= 0.3 is 12.1 Å². The molecule has 1 spiro atoms. The molecule has 3 aliphatic rings. The molecule has 3 heterocycles. The predicted octanol–water partition coefficient (Wildman–Crippen LogP) is 5.42. The number of nitrogens with one attached hydrogen (secondary N) is 1. The second-order valence-electron chi connectivity index (χ2n) is 11.5. The predicted molar refractivity (Wildman–Crippen MR) is 138 cm³/mol. The molecule has 38 heavy (non-hydrogen) atoms. The van der Waals surface area contributed by atoms with Crippen LogP contribution in [0.3, 0.4) is 0 Å². The van der Waals surface area contributed by atoms with Gasteiger partial charge in [0.15, 0.2) is 0 Å². The largest absolute Gasteiger partial charge is 0.487 e. The minimum absolute atomic E-state index is 0.00456. The molecular weight excluding hydrogens is 495 g/mol. The van der Waals surface area contributed by atoms with Gasteiger partial charge in [-0.3, -0.25) is 14.5 Å². The molecule has 2 fully saturated rings. The molecular formula is C29H34F3N3O3. The number of nitrogens with zero attached hydrogens (tertiary/aromatic N) is 2. The molecule has 0 radical (unpaired) electrons. The Morgan fingerprint density at radius 2 is 1.58 bits per heavy atom. The smallest absolute Gasteiger partial charge is 0.471 e. The Labute approximate surface area is 221 Å². The fourth-order valence-electron chi connectivity index (χ4n) is 6.01. The van der Waals surface area contributed by atoms with Crippen molar-refractivity contribution in [2.45, 2.75) is 64.3 Å². The molecule has 2 aromatic carbocycles. The zero-order chi connectivity index (χ0) is 27.1. The van der Waals surface area contributed by atoms with Gasteiger partial charge in [-0.15, -0.1) is 0 Å². The van der Waals surface area contributed by atoms with E-state index in [4.69, 9.17) is 4.74 Å². The van der Waals surface area contributed by atoms with E-state index in [0.29, 0.717) is 18.7 Å². The number of halogens is 3. The lowest BCUT2D eigenvalue weighted by Crippen LogP contribution is -2.48. The van der Waals surface area contributed by atoms with Crippen LogP contribution in [-0.2, 0) is 17.8 Å². The van der Waals surface area contributed by atoms with E-state index in [1.165, 1.54) is 35.4 Å². The Balaban J connectivity index is 1.12. The molecule has 204 valence electrons. The minimum Gasteiger partial charge on any atom is -0.487 e. The van der Waals surface area contributed by atoms with E-state index in [2.05, 4.69) is 36.9 Å². The summed E-state index contributed by atoms with van der Waals surface area (Å²) >= 11 is 0. The molecule has 1 N–H and O–H groups in total. The van der Waals surface area contributed by atoms with Crippen LogP contribution in [-0.4, -0.2) is 59.6 Å². The Morgan fingerprint density at radius 1 is 0.947 bits per heavy atom. The molecule has 3 aliphatic heterocycles. The number of fused-ring (bicyclic) bond motifs is 1. The van der Waals surface area contributed by atoms with Crippen LogP contribution < -0.4 is 10.1 Å². The first-order chi connectivity index (χ1) is 17.9. The third kappa shape index (κ3) is 5.67. The summed E-state index contributed by atoms with van der Waals surface area (Å²) in [6.45, 7) is 8.61. The third-order valence-electron chi connectivity index (χ3n) is 8.29. The van der Waals surface area contributed by atoms with Crippen molar-refractivity contribution < 1.29 is 27.5 Å². The van der Waals surface area contributed by atoms with Crippen molar-refractivity contribution >= 4 is 17.5 Å². The maximum Gasteiger partial charge on any atom is 0.471 e. The number of likely N-dealkylation sites (tertiary alicyclic amines) is 2. The number of hydrogen-bond donors (Lipinski definition) is 1. The molecule has 0 saturated carbocycles. The number of rotatable bonds is 4. The summed E-state index contributed by atoms with van der Waals surface area (Å²) in [5, 5.41) is 1.80. The van der Waals surface area contributed by atoms with E-state index >= 15 is 0 Å². The van der Waals surface area contributed by atoms with E-state index in [0.717, 1.165) is 57.5 Å². The lowest BCUT2D eigenvalue weighted by molar-refractivity contribution is -0.167. The fourth-order valence-corrected chi connectivity index (χ4v) is 6.01. The van der Waals surface area contributed by atoms with E-state index in [1.54, 1.807) is 5.32 Å². The van der Waals surface area contributed by atoms with Crippen LogP contribution in [0.15, 0.2) is 42.5 Å². The Morgan fingerprint density at radius 3 is 2.21 bits per heavy atom. The lowest BCUT2D eigenvalue weighted by atomic mass is 9.71. The molecule has 2 saturated heterocycles. The van der Waals surface area contributed by atoms with Crippen LogP contribution in [0.2, 0.25) is 0 Å². The number of alkyl halides is 3. The third-order valence-corrected chi connectivity index (χ3v) is 8.29. The molecule has 2 aromatic rings. The molecule has 0 aliphatic carbocycles. The Hall–Kier alpha value is -3.07. The fraction of sp³-hybridized carbons (Fsp3) is 0.517. The molecule has 0 atom stereocenters. The average molecular weight is 530 g/mol. The first-order valence-electron chi connectivity index (χ1n) is 13.2. The quantitative estimate of drug-likeness (QED) is 0.575. The van der Waals surface area contributed by atoms with Crippen LogP contribution in [0, 0.1) is 5.41 Å². The van der Waals surface area contributed by atoms with Crippen molar-refractivity contribution in [3.8, 4) is 5.75 Å². The standard InChI is InChI=1S/C29H34F3N3O3/c1-27(2)18-23-21(4-3-5-24(23)38-27)19-34-14-10-28(11-15-34)12-16-35(17-13-28)25(36)20-6-8-22(9-7-20)33-26(37)29(30,31)32/h3-9H,10-19H2,1-2H3,(H,33,37). The molecule has 6 nitrogen and oxygen atoms in total. The second kappa shape index (κ2) is 9.91. The highest BCUT2D eigenvalue weighted by molar-refractivity contribution is 5.97. The van der Waals surface area contributed by atoms with Gasteiger partial charge in [0.1, 0.15) is 11.4 Å². The highest BCUT2D eigenvalue weighted by atomic mass is 19.4. The van der Waals surface area contributed by atoms with Crippen molar-refractivity contribution in [3.05, 3.63) is 59.2 Å². The van der Waals surface area contributed by atoms with Gasteiger partial charge in [0.05, 0.1) is 0 Å². The first kappa shape index (κ1) is 26.5. The zero-order valence-electron chi connectivity index (χ0n) is 21.9. The van der Waals surface area contributed by atoms with Gasteiger partial charge in [0.25, 0.3) is 5.91 Å². The summed E-state index contributed by atoms with van der Waals surface area (Å²) in [4.78, 5) is 28.5. The summed E-state index contributed by atoms with van der Waals surface area (Å²) < 4.78 is 43.4. The maximum atomic E-state index is 13.0. The van der Waals surface area contributed by atoms with Gasteiger partial charge < -0.3 is 15.0 Å². The van der Waals surface area contributed by atoms with E-state index in [-0.39, 0.29) is 22.6 Å². The summed E-state index contributed by atoms with van der Waals surface area (Å²) in [7, 11) is 0. The molecule has 5 rings (SSSR count). The normalized spacial score (nSPS) is 20.6. The summed E-state index contributed by atoms with van der Waals surface area (Å²) in [5.41, 5.74) is 3.20. The van der Waals surface area contributed by atoms with Crippen molar-refractivity contribution in [1.82, 2.24) is 9.80 Å². The lowest BCUT2D eigenvalue weighted by Gasteiger charge is -2.47. The van der Waals surface area contributed by atoms with Gasteiger partial charge in [0, 0.05) is 42.9 Å². The molecule has 2 amide bonds. The summed E-state index contributed by atoms with van der Waals surface area (Å²) in [5.74, 6) is -1.15. The van der Waals surface area contributed by atoms with Gasteiger partial charge in [-0.25, -0.2) is 0 Å². The minimum atomic E-state index is -4.96.